The topological polar surface area (TPSA) is 76.1 Å². The first-order chi connectivity index (χ1) is 10.4. The highest BCUT2D eigenvalue weighted by Crippen LogP contribution is 2.26. The molecule has 1 aromatic carbocycles. The van der Waals surface area contributed by atoms with E-state index >= 15 is 0 Å². The SMILES string of the molecule is Cc1cc(C)nc(NNC(=O)COc2ccc(Cl)c(Cl)c2)n1. The van der Waals surface area contributed by atoms with E-state index in [2.05, 4.69) is 20.8 Å². The van der Waals surface area contributed by atoms with Gasteiger partial charge in [0.1, 0.15) is 5.75 Å². The van der Waals surface area contributed by atoms with Gasteiger partial charge in [-0.15, -0.1) is 0 Å². The molecule has 0 unspecified atom stereocenters. The van der Waals surface area contributed by atoms with Gasteiger partial charge in [0.05, 0.1) is 10.0 Å². The third kappa shape index (κ3) is 4.75. The van der Waals surface area contributed by atoms with E-state index < -0.39 is 0 Å². The minimum Gasteiger partial charge on any atom is -0.484 e. The van der Waals surface area contributed by atoms with Gasteiger partial charge in [-0.05, 0) is 32.0 Å². The summed E-state index contributed by atoms with van der Waals surface area (Å²) in [5, 5.41) is 0.786. The van der Waals surface area contributed by atoms with Crippen molar-refractivity contribution in [2.24, 2.45) is 0 Å². The average molecular weight is 341 g/mol. The van der Waals surface area contributed by atoms with Gasteiger partial charge in [0.2, 0.25) is 5.95 Å². The molecule has 0 saturated carbocycles. The molecule has 116 valence electrons. The highest BCUT2D eigenvalue weighted by atomic mass is 35.5. The molecule has 0 saturated heterocycles. The first kappa shape index (κ1) is 16.3. The number of anilines is 1. The van der Waals surface area contributed by atoms with Crippen molar-refractivity contribution < 1.29 is 9.53 Å². The molecular weight excluding hydrogens is 327 g/mol. The summed E-state index contributed by atoms with van der Waals surface area (Å²) in [6.07, 6.45) is 0. The third-order valence-electron chi connectivity index (χ3n) is 2.56. The van der Waals surface area contributed by atoms with Crippen LogP contribution in [0.25, 0.3) is 0 Å². The van der Waals surface area contributed by atoms with Gasteiger partial charge in [-0.3, -0.25) is 15.6 Å². The number of hydrogen-bond acceptors (Lipinski definition) is 5. The lowest BCUT2D eigenvalue weighted by molar-refractivity contribution is -0.122. The molecule has 0 bridgehead atoms. The molecule has 0 radical (unpaired) electrons. The van der Waals surface area contributed by atoms with Crippen molar-refractivity contribution in [1.29, 1.82) is 0 Å². The second-order valence-electron chi connectivity index (χ2n) is 4.51. The summed E-state index contributed by atoms with van der Waals surface area (Å²) in [6, 6.07) is 6.60. The summed E-state index contributed by atoms with van der Waals surface area (Å²) in [6.45, 7) is 3.50. The van der Waals surface area contributed by atoms with Gasteiger partial charge in [0.15, 0.2) is 6.61 Å². The molecule has 0 aliphatic heterocycles. The zero-order valence-electron chi connectivity index (χ0n) is 12.0. The van der Waals surface area contributed by atoms with Gasteiger partial charge in [0, 0.05) is 17.5 Å². The summed E-state index contributed by atoms with van der Waals surface area (Å²) < 4.78 is 5.30. The number of benzene rings is 1. The van der Waals surface area contributed by atoms with Crippen LogP contribution in [0.3, 0.4) is 0 Å². The van der Waals surface area contributed by atoms with Crippen LogP contribution < -0.4 is 15.6 Å². The summed E-state index contributed by atoms with van der Waals surface area (Å²) in [4.78, 5) is 20.0. The Labute approximate surface area is 137 Å². The van der Waals surface area contributed by atoms with Crippen LogP contribution in [0.2, 0.25) is 10.0 Å². The number of carbonyl (C=O) groups excluding carboxylic acids is 1. The Morgan fingerprint density at radius 1 is 1.14 bits per heavy atom. The van der Waals surface area contributed by atoms with E-state index in [-0.39, 0.29) is 12.5 Å². The van der Waals surface area contributed by atoms with E-state index in [1.54, 1.807) is 12.1 Å². The van der Waals surface area contributed by atoms with Crippen molar-refractivity contribution in [3.05, 3.63) is 45.7 Å². The van der Waals surface area contributed by atoms with Crippen LogP contribution in [0.5, 0.6) is 5.75 Å². The lowest BCUT2D eigenvalue weighted by atomic mass is 10.3. The molecule has 8 heteroatoms. The minimum absolute atomic E-state index is 0.185. The third-order valence-corrected chi connectivity index (χ3v) is 3.30. The van der Waals surface area contributed by atoms with Crippen molar-refractivity contribution >= 4 is 35.1 Å². The first-order valence-electron chi connectivity index (χ1n) is 6.39. The number of halogens is 2. The predicted octanol–water partition coefficient (Wildman–Crippen LogP) is 2.92. The van der Waals surface area contributed by atoms with E-state index in [4.69, 9.17) is 27.9 Å². The molecule has 2 rings (SSSR count). The fourth-order valence-corrected chi connectivity index (χ4v) is 1.95. The second-order valence-corrected chi connectivity index (χ2v) is 5.33. The van der Waals surface area contributed by atoms with Crippen molar-refractivity contribution in [2.75, 3.05) is 12.0 Å². The van der Waals surface area contributed by atoms with Gasteiger partial charge in [0.25, 0.3) is 5.91 Å². The van der Waals surface area contributed by atoms with Gasteiger partial charge in [-0.1, -0.05) is 23.2 Å². The lowest BCUT2D eigenvalue weighted by Crippen LogP contribution is -2.34. The van der Waals surface area contributed by atoms with Crippen LogP contribution in [-0.2, 0) is 4.79 Å². The van der Waals surface area contributed by atoms with Gasteiger partial charge >= 0.3 is 0 Å². The van der Waals surface area contributed by atoms with E-state index in [1.165, 1.54) is 6.07 Å². The number of carbonyl (C=O) groups is 1. The number of amides is 1. The zero-order chi connectivity index (χ0) is 16.1. The molecule has 0 spiro atoms. The molecule has 6 nitrogen and oxygen atoms in total. The molecule has 2 aromatic rings. The molecule has 0 atom stereocenters. The normalized spacial score (nSPS) is 10.2. The van der Waals surface area contributed by atoms with Crippen LogP contribution in [0.1, 0.15) is 11.4 Å². The maximum absolute atomic E-state index is 11.7. The van der Waals surface area contributed by atoms with Crippen LogP contribution in [-0.4, -0.2) is 22.5 Å². The van der Waals surface area contributed by atoms with E-state index in [0.717, 1.165) is 11.4 Å². The smallest absolute Gasteiger partial charge is 0.276 e. The number of aromatic nitrogens is 2. The quantitative estimate of drug-likeness (QED) is 0.818. The molecule has 1 amide bonds. The van der Waals surface area contributed by atoms with Crippen molar-refractivity contribution in [3.63, 3.8) is 0 Å². The number of hydrazine groups is 1. The number of ether oxygens (including phenoxy) is 1. The van der Waals surface area contributed by atoms with Crippen molar-refractivity contribution in [2.45, 2.75) is 13.8 Å². The van der Waals surface area contributed by atoms with Gasteiger partial charge in [-0.2, -0.15) is 0 Å². The maximum atomic E-state index is 11.7. The summed E-state index contributed by atoms with van der Waals surface area (Å²) in [7, 11) is 0. The molecule has 22 heavy (non-hydrogen) atoms. The van der Waals surface area contributed by atoms with Crippen LogP contribution in [0.15, 0.2) is 24.3 Å². The lowest BCUT2D eigenvalue weighted by Gasteiger charge is -2.09. The average Bonchev–Trinajstić information content (AvgIpc) is 2.45. The number of hydrogen-bond donors (Lipinski definition) is 2. The fraction of sp³-hybridized carbons (Fsp3) is 0.214. The fourth-order valence-electron chi connectivity index (χ4n) is 1.66. The minimum atomic E-state index is -0.381. The highest BCUT2D eigenvalue weighted by Gasteiger charge is 2.06. The van der Waals surface area contributed by atoms with Crippen molar-refractivity contribution in [1.82, 2.24) is 15.4 Å². The van der Waals surface area contributed by atoms with Crippen LogP contribution >= 0.6 is 23.2 Å². The summed E-state index contributed by atoms with van der Waals surface area (Å²) >= 11 is 11.7. The first-order valence-corrected chi connectivity index (χ1v) is 7.14. The number of nitrogens with one attached hydrogen (secondary N) is 2. The predicted molar refractivity (Wildman–Crippen MR) is 85.2 cm³/mol. The second kappa shape index (κ2) is 7.29. The Hall–Kier alpha value is -2.05. The van der Waals surface area contributed by atoms with E-state index in [9.17, 15) is 4.79 Å². The van der Waals surface area contributed by atoms with Gasteiger partial charge in [-0.25, -0.2) is 9.97 Å². The molecule has 1 aromatic heterocycles. The summed E-state index contributed by atoms with van der Waals surface area (Å²) in [5.41, 5.74) is 6.69. The largest absolute Gasteiger partial charge is 0.484 e. The highest BCUT2D eigenvalue weighted by molar-refractivity contribution is 6.42. The zero-order valence-corrected chi connectivity index (χ0v) is 13.5. The Kier molecular flexibility index (Phi) is 5.41. The molecule has 0 aliphatic rings. The Bertz CT molecular complexity index is 674. The van der Waals surface area contributed by atoms with E-state index in [0.29, 0.717) is 21.7 Å². The molecule has 0 aliphatic carbocycles. The number of aryl methyl sites for hydroxylation is 2. The van der Waals surface area contributed by atoms with Crippen LogP contribution in [0.4, 0.5) is 5.95 Å². The Balaban J connectivity index is 1.84. The maximum Gasteiger partial charge on any atom is 0.276 e. The standard InChI is InChI=1S/C14H14Cl2N4O2/c1-8-5-9(2)18-14(17-8)20-19-13(21)7-22-10-3-4-11(15)12(16)6-10/h3-6H,7H2,1-2H3,(H,19,21)(H,17,18,20). The molecule has 1 heterocycles. The van der Waals surface area contributed by atoms with Crippen molar-refractivity contribution in [3.8, 4) is 5.75 Å². The summed E-state index contributed by atoms with van der Waals surface area (Å²) in [5.74, 6) is 0.390. The van der Waals surface area contributed by atoms with Gasteiger partial charge < -0.3 is 4.74 Å². The number of nitrogens with zero attached hydrogens (tertiary/aromatic N) is 2. The van der Waals surface area contributed by atoms with Crippen LogP contribution in [0, 0.1) is 13.8 Å². The Morgan fingerprint density at radius 3 is 2.45 bits per heavy atom. The van der Waals surface area contributed by atoms with E-state index in [1.807, 2.05) is 19.9 Å². The monoisotopic (exact) mass is 340 g/mol. The molecular formula is C14H14Cl2N4O2. The number of rotatable bonds is 5. The molecule has 2 N–H and O–H groups in total. The Morgan fingerprint density at radius 2 is 1.82 bits per heavy atom. The molecule has 0 fully saturated rings.